The molecule has 0 saturated carbocycles. The van der Waals surface area contributed by atoms with Crippen molar-refractivity contribution in [3.63, 3.8) is 0 Å². The Labute approximate surface area is 169 Å². The zero-order valence-corrected chi connectivity index (χ0v) is 17.9. The van der Waals surface area contributed by atoms with Gasteiger partial charge in [-0.05, 0) is 38.0 Å². The van der Waals surface area contributed by atoms with Crippen LogP contribution in [0.3, 0.4) is 0 Å². The molecule has 2 aromatic rings. The number of thioether (sulfide) groups is 1. The van der Waals surface area contributed by atoms with Gasteiger partial charge in [0.25, 0.3) is 0 Å². The van der Waals surface area contributed by atoms with Crippen LogP contribution in [0.1, 0.15) is 50.2 Å². The van der Waals surface area contributed by atoms with Gasteiger partial charge in [0.2, 0.25) is 5.95 Å². The average molecular weight is 408 g/mol. The standard InChI is InChI=1S/C19H29N5OS2/c1-3-17-20-15(12-26-17)13-27-19-22-21-18(23-8-6-14(2)7-9-23)24(19)11-16-5-4-10-25-16/h12,14,16H,3-11,13H2,1-2H3. The normalized spacial score (nSPS) is 21.3. The topological polar surface area (TPSA) is 56.1 Å². The van der Waals surface area contributed by atoms with Crippen LogP contribution in [0, 0.1) is 5.92 Å². The van der Waals surface area contributed by atoms with Crippen molar-refractivity contribution in [2.75, 3.05) is 24.6 Å². The highest BCUT2D eigenvalue weighted by Crippen LogP contribution is 2.29. The first kappa shape index (κ1) is 19.2. The second-order valence-electron chi connectivity index (χ2n) is 7.57. The predicted octanol–water partition coefficient (Wildman–Crippen LogP) is 4.00. The lowest BCUT2D eigenvalue weighted by atomic mass is 10.00. The Bertz CT molecular complexity index is 732. The van der Waals surface area contributed by atoms with Gasteiger partial charge in [0.05, 0.1) is 23.4 Å². The van der Waals surface area contributed by atoms with Crippen LogP contribution in [-0.2, 0) is 23.5 Å². The van der Waals surface area contributed by atoms with Crippen molar-refractivity contribution < 1.29 is 4.74 Å². The summed E-state index contributed by atoms with van der Waals surface area (Å²) < 4.78 is 8.20. The van der Waals surface area contributed by atoms with E-state index in [9.17, 15) is 0 Å². The summed E-state index contributed by atoms with van der Waals surface area (Å²) in [5, 5.41) is 13.5. The van der Waals surface area contributed by atoms with Gasteiger partial charge in [0, 0.05) is 30.8 Å². The summed E-state index contributed by atoms with van der Waals surface area (Å²) >= 11 is 3.49. The van der Waals surface area contributed by atoms with Crippen LogP contribution in [0.5, 0.6) is 0 Å². The highest BCUT2D eigenvalue weighted by atomic mass is 32.2. The summed E-state index contributed by atoms with van der Waals surface area (Å²) in [5.74, 6) is 2.67. The summed E-state index contributed by atoms with van der Waals surface area (Å²) in [6.07, 6.45) is 6.03. The summed E-state index contributed by atoms with van der Waals surface area (Å²) in [7, 11) is 0. The molecule has 0 aromatic carbocycles. The zero-order chi connectivity index (χ0) is 18.6. The van der Waals surface area contributed by atoms with Gasteiger partial charge in [0.1, 0.15) is 0 Å². The van der Waals surface area contributed by atoms with E-state index in [1.165, 1.54) is 17.8 Å². The van der Waals surface area contributed by atoms with Crippen LogP contribution < -0.4 is 4.90 Å². The Balaban J connectivity index is 1.50. The zero-order valence-electron chi connectivity index (χ0n) is 16.3. The molecule has 1 unspecified atom stereocenters. The molecule has 2 saturated heterocycles. The van der Waals surface area contributed by atoms with Crippen molar-refractivity contribution in [2.24, 2.45) is 5.92 Å². The smallest absolute Gasteiger partial charge is 0.228 e. The first-order chi connectivity index (χ1) is 13.2. The van der Waals surface area contributed by atoms with E-state index in [2.05, 4.69) is 43.9 Å². The number of aromatic nitrogens is 4. The van der Waals surface area contributed by atoms with Gasteiger partial charge in [-0.3, -0.25) is 4.57 Å². The number of anilines is 1. The quantitative estimate of drug-likeness (QED) is 0.647. The Kier molecular flexibility index (Phi) is 6.35. The number of ether oxygens (including phenoxy) is 1. The van der Waals surface area contributed by atoms with Gasteiger partial charge < -0.3 is 9.64 Å². The highest BCUT2D eigenvalue weighted by Gasteiger charge is 2.26. The van der Waals surface area contributed by atoms with Crippen LogP contribution in [0.15, 0.2) is 10.5 Å². The maximum absolute atomic E-state index is 5.91. The number of hydrogen-bond acceptors (Lipinski definition) is 7. The van der Waals surface area contributed by atoms with E-state index in [1.807, 2.05) is 0 Å². The molecule has 2 aliphatic rings. The molecule has 4 heterocycles. The molecular formula is C19H29N5OS2. The summed E-state index contributed by atoms with van der Waals surface area (Å²) in [4.78, 5) is 7.09. The third-order valence-corrected chi connectivity index (χ3v) is 7.47. The SMILES string of the molecule is CCc1nc(CSc2nnc(N3CCC(C)CC3)n2CC2CCCO2)cs1. The maximum Gasteiger partial charge on any atom is 0.228 e. The summed E-state index contributed by atoms with van der Waals surface area (Å²) in [6.45, 7) is 8.37. The van der Waals surface area contributed by atoms with E-state index < -0.39 is 0 Å². The molecule has 2 aliphatic heterocycles. The minimum absolute atomic E-state index is 0.286. The van der Waals surface area contributed by atoms with Gasteiger partial charge in [-0.1, -0.05) is 25.6 Å². The molecular weight excluding hydrogens is 378 g/mol. The van der Waals surface area contributed by atoms with Crippen LogP contribution in [0.4, 0.5) is 5.95 Å². The largest absolute Gasteiger partial charge is 0.376 e. The second kappa shape index (κ2) is 8.92. The number of nitrogens with zero attached hydrogens (tertiary/aromatic N) is 5. The first-order valence-electron chi connectivity index (χ1n) is 10.1. The van der Waals surface area contributed by atoms with E-state index in [0.29, 0.717) is 0 Å². The minimum atomic E-state index is 0.286. The Hall–Kier alpha value is -1.12. The molecule has 0 amide bonds. The van der Waals surface area contributed by atoms with Gasteiger partial charge in [0.15, 0.2) is 5.16 Å². The third-order valence-electron chi connectivity index (χ3n) is 5.42. The Morgan fingerprint density at radius 1 is 1.26 bits per heavy atom. The third kappa shape index (κ3) is 4.66. The first-order valence-corrected chi connectivity index (χ1v) is 11.9. The van der Waals surface area contributed by atoms with Crippen molar-refractivity contribution >= 4 is 29.0 Å². The maximum atomic E-state index is 5.91. The van der Waals surface area contributed by atoms with E-state index in [0.717, 1.165) is 74.0 Å². The number of thiazole rings is 1. The monoisotopic (exact) mass is 407 g/mol. The molecule has 6 nitrogen and oxygen atoms in total. The van der Waals surface area contributed by atoms with Gasteiger partial charge >= 0.3 is 0 Å². The van der Waals surface area contributed by atoms with E-state index in [-0.39, 0.29) is 6.10 Å². The Morgan fingerprint density at radius 2 is 2.11 bits per heavy atom. The lowest BCUT2D eigenvalue weighted by Crippen LogP contribution is -2.35. The van der Waals surface area contributed by atoms with Crippen LogP contribution in [0.2, 0.25) is 0 Å². The van der Waals surface area contributed by atoms with Crippen LogP contribution >= 0.6 is 23.1 Å². The lowest BCUT2D eigenvalue weighted by Gasteiger charge is -2.31. The van der Waals surface area contributed by atoms with Crippen molar-refractivity contribution in [1.82, 2.24) is 19.7 Å². The van der Waals surface area contributed by atoms with Crippen LogP contribution in [0.25, 0.3) is 0 Å². The molecule has 0 spiro atoms. The molecule has 2 fully saturated rings. The van der Waals surface area contributed by atoms with Gasteiger partial charge in [-0.15, -0.1) is 21.5 Å². The number of hydrogen-bond donors (Lipinski definition) is 0. The highest BCUT2D eigenvalue weighted by molar-refractivity contribution is 7.98. The fourth-order valence-corrected chi connectivity index (χ4v) is 5.38. The number of rotatable bonds is 7. The van der Waals surface area contributed by atoms with Gasteiger partial charge in [-0.2, -0.15) is 0 Å². The molecule has 4 rings (SSSR count). The fraction of sp³-hybridized carbons (Fsp3) is 0.737. The van der Waals surface area contributed by atoms with Crippen molar-refractivity contribution in [3.8, 4) is 0 Å². The van der Waals surface area contributed by atoms with Crippen molar-refractivity contribution in [1.29, 1.82) is 0 Å². The molecule has 148 valence electrons. The molecule has 27 heavy (non-hydrogen) atoms. The summed E-state index contributed by atoms with van der Waals surface area (Å²) in [5.41, 5.74) is 1.14. The minimum Gasteiger partial charge on any atom is -0.376 e. The lowest BCUT2D eigenvalue weighted by molar-refractivity contribution is 0.0951. The molecule has 0 radical (unpaired) electrons. The van der Waals surface area contributed by atoms with Crippen molar-refractivity contribution in [2.45, 2.75) is 69.5 Å². The molecule has 0 aliphatic carbocycles. The molecule has 0 bridgehead atoms. The van der Waals surface area contributed by atoms with E-state index in [4.69, 9.17) is 4.74 Å². The van der Waals surface area contributed by atoms with Gasteiger partial charge in [-0.25, -0.2) is 4.98 Å². The predicted molar refractivity (Wildman–Crippen MR) is 111 cm³/mol. The van der Waals surface area contributed by atoms with E-state index >= 15 is 0 Å². The molecule has 0 N–H and O–H groups in total. The molecule has 8 heteroatoms. The molecule has 1 atom stereocenters. The van der Waals surface area contributed by atoms with E-state index in [1.54, 1.807) is 23.1 Å². The van der Waals surface area contributed by atoms with Crippen LogP contribution in [-0.4, -0.2) is 45.5 Å². The average Bonchev–Trinajstić information content (AvgIpc) is 3.42. The summed E-state index contributed by atoms with van der Waals surface area (Å²) in [6, 6.07) is 0. The number of aryl methyl sites for hydroxylation is 1. The molecule has 2 aromatic heterocycles. The Morgan fingerprint density at radius 3 is 2.81 bits per heavy atom. The van der Waals surface area contributed by atoms with Crippen molar-refractivity contribution in [3.05, 3.63) is 16.1 Å². The second-order valence-corrected chi connectivity index (χ2v) is 9.46. The number of piperidine rings is 1. The fourth-order valence-electron chi connectivity index (χ4n) is 3.70.